The molecule has 0 spiro atoms. The molecule has 15 heavy (non-hydrogen) atoms. The van der Waals surface area contributed by atoms with E-state index in [1.807, 2.05) is 11.6 Å². The van der Waals surface area contributed by atoms with Crippen molar-refractivity contribution in [1.29, 1.82) is 0 Å². The quantitative estimate of drug-likeness (QED) is 0.762. The van der Waals surface area contributed by atoms with Crippen LogP contribution in [0.15, 0.2) is 6.20 Å². The number of nitrogens with zero attached hydrogens (tertiary/aromatic N) is 2. The Morgan fingerprint density at radius 3 is 3.00 bits per heavy atom. The van der Waals surface area contributed by atoms with E-state index in [-0.39, 0.29) is 6.04 Å². The molecular weight excluding hydrogens is 214 g/mol. The van der Waals surface area contributed by atoms with Gasteiger partial charge in [-0.2, -0.15) is 5.10 Å². The van der Waals surface area contributed by atoms with Crippen molar-refractivity contribution in [2.75, 3.05) is 13.7 Å². The van der Waals surface area contributed by atoms with E-state index in [2.05, 4.69) is 5.10 Å². The zero-order chi connectivity index (χ0) is 11.3. The second-order valence-corrected chi connectivity index (χ2v) is 3.84. The van der Waals surface area contributed by atoms with Crippen molar-refractivity contribution < 1.29 is 4.74 Å². The number of rotatable bonds is 6. The molecule has 0 bridgehead atoms. The molecule has 0 amide bonds. The number of aryl methyl sites for hydroxylation is 1. The Morgan fingerprint density at radius 1 is 1.67 bits per heavy atom. The summed E-state index contributed by atoms with van der Waals surface area (Å²) in [5, 5.41) is 4.81. The molecule has 1 heterocycles. The van der Waals surface area contributed by atoms with Gasteiger partial charge < -0.3 is 10.5 Å². The third kappa shape index (κ3) is 3.19. The van der Waals surface area contributed by atoms with Gasteiger partial charge in [0, 0.05) is 26.3 Å². The lowest BCUT2D eigenvalue weighted by Gasteiger charge is -2.13. The normalized spacial score (nSPS) is 13.1. The van der Waals surface area contributed by atoms with E-state index in [0.29, 0.717) is 5.02 Å². The van der Waals surface area contributed by atoms with Gasteiger partial charge in [0.1, 0.15) is 0 Å². The minimum atomic E-state index is -0.0601. The first-order valence-electron chi connectivity index (χ1n) is 5.16. The molecule has 1 aromatic heterocycles. The van der Waals surface area contributed by atoms with Crippen LogP contribution in [-0.2, 0) is 11.3 Å². The molecule has 1 aromatic rings. The van der Waals surface area contributed by atoms with Gasteiger partial charge in [-0.3, -0.25) is 4.68 Å². The molecule has 0 aliphatic rings. The minimum Gasteiger partial charge on any atom is -0.385 e. The zero-order valence-electron chi connectivity index (χ0n) is 9.24. The number of nitrogens with two attached hydrogens (primary N) is 1. The highest BCUT2D eigenvalue weighted by atomic mass is 35.5. The molecular formula is C10H18ClN3O. The van der Waals surface area contributed by atoms with Crippen molar-refractivity contribution in [3.8, 4) is 0 Å². The summed E-state index contributed by atoms with van der Waals surface area (Å²) < 4.78 is 6.83. The van der Waals surface area contributed by atoms with E-state index >= 15 is 0 Å². The van der Waals surface area contributed by atoms with E-state index in [4.69, 9.17) is 22.1 Å². The summed E-state index contributed by atoms with van der Waals surface area (Å²) >= 11 is 6.04. The fraction of sp³-hybridized carbons (Fsp3) is 0.700. The molecule has 4 nitrogen and oxygen atoms in total. The fourth-order valence-electron chi connectivity index (χ4n) is 1.58. The van der Waals surface area contributed by atoms with Crippen LogP contribution in [-0.4, -0.2) is 23.5 Å². The van der Waals surface area contributed by atoms with Crippen LogP contribution >= 0.6 is 11.6 Å². The van der Waals surface area contributed by atoms with Crippen LogP contribution in [0, 0.1) is 0 Å². The molecule has 1 rings (SSSR count). The predicted octanol–water partition coefficient (Wildman–Crippen LogP) is 1.98. The van der Waals surface area contributed by atoms with E-state index < -0.39 is 0 Å². The van der Waals surface area contributed by atoms with Gasteiger partial charge in [-0.05, 0) is 19.8 Å². The van der Waals surface area contributed by atoms with Crippen molar-refractivity contribution in [2.45, 2.75) is 32.4 Å². The Hall–Kier alpha value is -0.580. The minimum absolute atomic E-state index is 0.0601. The second kappa shape index (κ2) is 6.10. The van der Waals surface area contributed by atoms with Gasteiger partial charge in [0.05, 0.1) is 16.9 Å². The van der Waals surface area contributed by atoms with Crippen LogP contribution in [0.5, 0.6) is 0 Å². The Morgan fingerprint density at radius 2 is 2.40 bits per heavy atom. The van der Waals surface area contributed by atoms with Crippen molar-refractivity contribution in [3.05, 3.63) is 16.9 Å². The first-order valence-corrected chi connectivity index (χ1v) is 5.54. The topological polar surface area (TPSA) is 53.1 Å². The lowest BCUT2D eigenvalue weighted by Crippen LogP contribution is -2.17. The number of hydrogen-bond donors (Lipinski definition) is 1. The summed E-state index contributed by atoms with van der Waals surface area (Å²) in [5.74, 6) is 0. The summed E-state index contributed by atoms with van der Waals surface area (Å²) in [6, 6.07) is -0.0601. The van der Waals surface area contributed by atoms with Crippen molar-refractivity contribution in [1.82, 2.24) is 9.78 Å². The highest BCUT2D eigenvalue weighted by Gasteiger charge is 2.15. The predicted molar refractivity (Wildman–Crippen MR) is 60.9 cm³/mol. The van der Waals surface area contributed by atoms with Crippen LogP contribution in [0.1, 0.15) is 31.5 Å². The summed E-state index contributed by atoms with van der Waals surface area (Å²) in [6.45, 7) is 3.54. The van der Waals surface area contributed by atoms with Gasteiger partial charge in [0.2, 0.25) is 0 Å². The van der Waals surface area contributed by atoms with Gasteiger partial charge >= 0.3 is 0 Å². The maximum absolute atomic E-state index is 6.06. The van der Waals surface area contributed by atoms with Gasteiger partial charge in [-0.15, -0.1) is 0 Å². The van der Waals surface area contributed by atoms with Crippen molar-refractivity contribution in [2.24, 2.45) is 5.73 Å². The summed E-state index contributed by atoms with van der Waals surface area (Å²) in [7, 11) is 1.69. The van der Waals surface area contributed by atoms with Gasteiger partial charge in [-0.25, -0.2) is 0 Å². The molecule has 2 N–H and O–H groups in total. The number of methoxy groups -OCH3 is 1. The number of aromatic nitrogens is 2. The standard InChI is InChI=1S/C10H18ClN3O/c1-3-14-10(8(11)7-13-14)9(12)5-4-6-15-2/h7,9H,3-6,12H2,1-2H3. The highest BCUT2D eigenvalue weighted by Crippen LogP contribution is 2.24. The van der Waals surface area contributed by atoms with E-state index in [0.717, 1.165) is 31.7 Å². The number of hydrogen-bond acceptors (Lipinski definition) is 3. The Bertz CT molecular complexity index is 301. The third-order valence-electron chi connectivity index (χ3n) is 2.35. The monoisotopic (exact) mass is 231 g/mol. The Labute approximate surface area is 95.3 Å². The number of halogens is 1. The van der Waals surface area contributed by atoms with Crippen molar-refractivity contribution in [3.63, 3.8) is 0 Å². The Balaban J connectivity index is 2.63. The maximum atomic E-state index is 6.06. The molecule has 86 valence electrons. The van der Waals surface area contributed by atoms with Crippen LogP contribution in [0.3, 0.4) is 0 Å². The number of ether oxygens (including phenoxy) is 1. The lowest BCUT2D eigenvalue weighted by molar-refractivity contribution is 0.190. The smallest absolute Gasteiger partial charge is 0.0834 e. The molecule has 1 unspecified atom stereocenters. The molecule has 1 atom stereocenters. The van der Waals surface area contributed by atoms with Crippen LogP contribution in [0.4, 0.5) is 0 Å². The fourth-order valence-corrected chi connectivity index (χ4v) is 1.86. The molecule has 0 radical (unpaired) electrons. The third-order valence-corrected chi connectivity index (χ3v) is 2.64. The average Bonchev–Trinajstić information content (AvgIpc) is 2.59. The molecule has 0 aliphatic carbocycles. The van der Waals surface area contributed by atoms with E-state index in [9.17, 15) is 0 Å². The van der Waals surface area contributed by atoms with Crippen LogP contribution < -0.4 is 5.73 Å². The molecule has 5 heteroatoms. The van der Waals surface area contributed by atoms with Crippen LogP contribution in [0.2, 0.25) is 5.02 Å². The first-order chi connectivity index (χ1) is 7.20. The first kappa shape index (κ1) is 12.5. The molecule has 0 saturated heterocycles. The van der Waals surface area contributed by atoms with Gasteiger partial charge in [0.25, 0.3) is 0 Å². The van der Waals surface area contributed by atoms with Crippen LogP contribution in [0.25, 0.3) is 0 Å². The average molecular weight is 232 g/mol. The maximum Gasteiger partial charge on any atom is 0.0834 e. The SMILES string of the molecule is CCn1ncc(Cl)c1C(N)CCCOC. The van der Waals surface area contributed by atoms with Gasteiger partial charge in [0.15, 0.2) is 0 Å². The highest BCUT2D eigenvalue weighted by molar-refractivity contribution is 6.31. The summed E-state index contributed by atoms with van der Waals surface area (Å²) in [4.78, 5) is 0. The summed E-state index contributed by atoms with van der Waals surface area (Å²) in [5.41, 5.74) is 6.98. The van der Waals surface area contributed by atoms with E-state index in [1.54, 1.807) is 13.3 Å². The second-order valence-electron chi connectivity index (χ2n) is 3.44. The molecule has 0 saturated carbocycles. The Kier molecular flexibility index (Phi) is 5.08. The molecule has 0 aliphatic heterocycles. The zero-order valence-corrected chi connectivity index (χ0v) is 10.00. The molecule has 0 fully saturated rings. The largest absolute Gasteiger partial charge is 0.385 e. The van der Waals surface area contributed by atoms with Gasteiger partial charge in [-0.1, -0.05) is 11.6 Å². The van der Waals surface area contributed by atoms with E-state index in [1.165, 1.54) is 0 Å². The molecule has 0 aromatic carbocycles. The van der Waals surface area contributed by atoms with Crippen molar-refractivity contribution >= 4 is 11.6 Å². The summed E-state index contributed by atoms with van der Waals surface area (Å²) in [6.07, 6.45) is 3.44. The lowest BCUT2D eigenvalue weighted by atomic mass is 10.1.